The first-order chi connectivity index (χ1) is 19.3. The number of piperazine rings is 1. The number of urea groups is 1. The lowest BCUT2D eigenvalue weighted by Crippen LogP contribution is -2.52. The lowest BCUT2D eigenvalue weighted by molar-refractivity contribution is 0.190. The van der Waals surface area contributed by atoms with Crippen molar-refractivity contribution in [1.82, 2.24) is 30.0 Å². The van der Waals surface area contributed by atoms with Gasteiger partial charge in [0.05, 0.1) is 42.7 Å². The summed E-state index contributed by atoms with van der Waals surface area (Å²) in [7, 11) is 0. The van der Waals surface area contributed by atoms with Crippen LogP contribution in [0, 0.1) is 42.2 Å². The minimum atomic E-state index is -0.660. The molecular weight excluding hydrogens is 520 g/mol. The lowest BCUT2D eigenvalue weighted by atomic mass is 10.0. The Morgan fingerprint density at radius 3 is 2.70 bits per heavy atom. The number of nitrogens with zero attached hydrogens (tertiary/aromatic N) is 7. The molecule has 2 aromatic heterocycles. The first kappa shape index (κ1) is 27.1. The predicted molar refractivity (Wildman–Crippen MR) is 142 cm³/mol. The minimum absolute atomic E-state index is 0.134. The van der Waals surface area contributed by atoms with E-state index in [-0.39, 0.29) is 29.8 Å². The molecule has 0 saturated carbocycles. The summed E-state index contributed by atoms with van der Waals surface area (Å²) in [6.45, 7) is 6.54. The monoisotopic (exact) mass is 549 g/mol. The second-order valence-electron chi connectivity index (χ2n) is 9.85. The lowest BCUT2D eigenvalue weighted by Gasteiger charge is -2.35. The summed E-state index contributed by atoms with van der Waals surface area (Å²) in [5.41, 5.74) is 2.85. The third kappa shape index (κ3) is 5.76. The van der Waals surface area contributed by atoms with E-state index in [9.17, 15) is 13.6 Å². The van der Waals surface area contributed by atoms with Crippen LogP contribution in [0.2, 0.25) is 0 Å². The van der Waals surface area contributed by atoms with E-state index in [1.807, 2.05) is 29.5 Å². The number of benzene rings is 1. The predicted octanol–water partition coefficient (Wildman–Crippen LogP) is 3.12. The van der Waals surface area contributed by atoms with E-state index >= 15 is 0 Å². The van der Waals surface area contributed by atoms with E-state index in [0.717, 1.165) is 24.2 Å². The van der Waals surface area contributed by atoms with Crippen LogP contribution in [0.3, 0.4) is 0 Å². The molecular formula is C27H29F2N9O2. The van der Waals surface area contributed by atoms with Gasteiger partial charge in [0.1, 0.15) is 17.6 Å². The molecule has 2 N–H and O–H groups in total. The van der Waals surface area contributed by atoms with Gasteiger partial charge in [0.15, 0.2) is 5.82 Å². The molecule has 1 aromatic carbocycles. The van der Waals surface area contributed by atoms with E-state index in [1.165, 1.54) is 12.1 Å². The van der Waals surface area contributed by atoms with Gasteiger partial charge in [-0.2, -0.15) is 10.4 Å². The van der Waals surface area contributed by atoms with Crippen molar-refractivity contribution in [2.75, 3.05) is 37.7 Å². The maximum atomic E-state index is 14.9. The van der Waals surface area contributed by atoms with Gasteiger partial charge < -0.3 is 25.3 Å². The number of amides is 2. The van der Waals surface area contributed by atoms with Crippen molar-refractivity contribution in [2.24, 2.45) is 0 Å². The largest absolute Gasteiger partial charge is 0.371 e. The van der Waals surface area contributed by atoms with Gasteiger partial charge in [0, 0.05) is 43.9 Å². The number of nitriles is 1. The van der Waals surface area contributed by atoms with Crippen LogP contribution >= 0.6 is 0 Å². The number of halogens is 2. The maximum Gasteiger partial charge on any atom is 0.318 e. The van der Waals surface area contributed by atoms with Crippen LogP contribution in [0.15, 0.2) is 24.4 Å². The molecule has 2 saturated heterocycles. The Morgan fingerprint density at radius 1 is 1.27 bits per heavy atom. The van der Waals surface area contributed by atoms with Crippen molar-refractivity contribution in [2.45, 2.75) is 39.0 Å². The first-order valence-electron chi connectivity index (χ1n) is 13.0. The molecule has 2 atom stereocenters. The standard InChI is InChI=1S/C27H29F2N9O2/c1-16-24(17(2)38(35-16)14-21-15-40-21)25-22(29)13-32-26(34-25)36-5-7-37(8-6-36)27(39)33-23(3-4-30)19-9-18(12-31)10-20(28)11-19/h4,9-11,13,21,23,30H,3,5-8,14-15H2,1-2H3,(H,33,39)/t21-,23-/m0/s1. The topological polar surface area (TPSA) is 139 Å². The molecule has 4 heterocycles. The molecule has 5 rings (SSSR count). The van der Waals surface area contributed by atoms with E-state index in [4.69, 9.17) is 15.4 Å². The summed E-state index contributed by atoms with van der Waals surface area (Å²) in [6.07, 6.45) is 2.58. The van der Waals surface area contributed by atoms with Crippen molar-refractivity contribution >= 4 is 18.2 Å². The number of rotatable bonds is 8. The zero-order chi connectivity index (χ0) is 28.4. The molecule has 0 aliphatic carbocycles. The van der Waals surface area contributed by atoms with Crippen molar-refractivity contribution in [1.29, 1.82) is 10.7 Å². The molecule has 2 fully saturated rings. The number of epoxide rings is 1. The molecule has 0 bridgehead atoms. The van der Waals surface area contributed by atoms with Gasteiger partial charge in [-0.3, -0.25) is 4.68 Å². The van der Waals surface area contributed by atoms with Crippen LogP contribution in [-0.4, -0.2) is 75.8 Å². The molecule has 0 radical (unpaired) electrons. The molecule has 2 aliphatic rings. The van der Waals surface area contributed by atoms with Gasteiger partial charge in [0.2, 0.25) is 5.95 Å². The number of ether oxygens (including phenoxy) is 1. The Hall–Kier alpha value is -4.44. The van der Waals surface area contributed by atoms with Crippen LogP contribution in [0.4, 0.5) is 19.5 Å². The van der Waals surface area contributed by atoms with Crippen LogP contribution in [0.25, 0.3) is 11.3 Å². The fourth-order valence-electron chi connectivity index (χ4n) is 4.89. The highest BCUT2D eigenvalue weighted by Gasteiger charge is 2.28. The van der Waals surface area contributed by atoms with Crippen LogP contribution in [0.1, 0.15) is 35.0 Å². The molecule has 208 valence electrons. The molecule has 0 spiro atoms. The number of nitrogens with one attached hydrogen (secondary N) is 2. The zero-order valence-corrected chi connectivity index (χ0v) is 22.2. The third-order valence-corrected chi connectivity index (χ3v) is 7.08. The molecule has 2 amide bonds. The average molecular weight is 550 g/mol. The normalized spacial score (nSPS) is 17.3. The molecule has 40 heavy (non-hydrogen) atoms. The van der Waals surface area contributed by atoms with Crippen molar-refractivity contribution in [3.8, 4) is 17.3 Å². The Balaban J connectivity index is 1.26. The van der Waals surface area contributed by atoms with Crippen molar-refractivity contribution < 1.29 is 18.3 Å². The summed E-state index contributed by atoms with van der Waals surface area (Å²) in [5, 5.41) is 24.0. The van der Waals surface area contributed by atoms with Crippen LogP contribution < -0.4 is 10.2 Å². The highest BCUT2D eigenvalue weighted by Crippen LogP contribution is 2.30. The zero-order valence-electron chi connectivity index (χ0n) is 22.2. The molecule has 3 aromatic rings. The Kier molecular flexibility index (Phi) is 7.70. The van der Waals surface area contributed by atoms with E-state index in [1.54, 1.807) is 4.90 Å². The highest BCUT2D eigenvalue weighted by atomic mass is 19.1. The molecule has 0 unspecified atom stereocenters. The molecule has 13 heteroatoms. The summed E-state index contributed by atoms with van der Waals surface area (Å²) >= 11 is 0. The number of hydrogen-bond donors (Lipinski definition) is 2. The SMILES string of the molecule is Cc1nn(C[C@H]2CO2)c(C)c1-c1nc(N2CCN(C(=O)N[C@@H](CC=N)c3cc(F)cc(C#N)c3)CC2)ncc1F. The van der Waals surface area contributed by atoms with Gasteiger partial charge >= 0.3 is 6.03 Å². The summed E-state index contributed by atoms with van der Waals surface area (Å²) in [4.78, 5) is 25.3. The van der Waals surface area contributed by atoms with Gasteiger partial charge in [-0.25, -0.2) is 23.5 Å². The quantitative estimate of drug-likeness (QED) is 0.325. The number of hydrogen-bond acceptors (Lipinski definition) is 8. The number of aryl methyl sites for hydroxylation is 1. The van der Waals surface area contributed by atoms with Gasteiger partial charge in [-0.05, 0) is 43.8 Å². The molecule has 2 aliphatic heterocycles. The fraction of sp³-hybridized carbons (Fsp3) is 0.407. The molecule has 11 nitrogen and oxygen atoms in total. The maximum absolute atomic E-state index is 14.9. The second-order valence-corrected chi connectivity index (χ2v) is 9.85. The minimum Gasteiger partial charge on any atom is -0.371 e. The Labute approximate surface area is 229 Å². The fourth-order valence-corrected chi connectivity index (χ4v) is 4.89. The van der Waals surface area contributed by atoms with E-state index in [2.05, 4.69) is 20.4 Å². The van der Waals surface area contributed by atoms with Gasteiger partial charge in [0.25, 0.3) is 0 Å². The first-order valence-corrected chi connectivity index (χ1v) is 13.0. The summed E-state index contributed by atoms with van der Waals surface area (Å²) in [5.74, 6) is -0.761. The number of carbonyl (C=O) groups excluding carboxylic acids is 1. The van der Waals surface area contributed by atoms with Crippen molar-refractivity contribution in [3.05, 3.63) is 58.5 Å². The smallest absolute Gasteiger partial charge is 0.318 e. The summed E-state index contributed by atoms with van der Waals surface area (Å²) in [6, 6.07) is 4.76. The average Bonchev–Trinajstić information content (AvgIpc) is 3.72. The number of aromatic nitrogens is 4. The van der Waals surface area contributed by atoms with Gasteiger partial charge in [-0.1, -0.05) is 0 Å². The third-order valence-electron chi connectivity index (χ3n) is 7.08. The van der Waals surface area contributed by atoms with E-state index < -0.39 is 17.7 Å². The van der Waals surface area contributed by atoms with Crippen LogP contribution in [-0.2, 0) is 11.3 Å². The Bertz CT molecular complexity index is 1470. The van der Waals surface area contributed by atoms with Crippen molar-refractivity contribution in [3.63, 3.8) is 0 Å². The van der Waals surface area contributed by atoms with Gasteiger partial charge in [-0.15, -0.1) is 0 Å². The summed E-state index contributed by atoms with van der Waals surface area (Å²) < 4.78 is 36.0. The highest BCUT2D eigenvalue weighted by molar-refractivity contribution is 5.76. The van der Waals surface area contributed by atoms with Crippen LogP contribution in [0.5, 0.6) is 0 Å². The Morgan fingerprint density at radius 2 is 2.02 bits per heavy atom. The number of carbonyl (C=O) groups is 1. The van der Waals surface area contributed by atoms with E-state index in [0.29, 0.717) is 62.1 Å². The number of anilines is 1. The second kappa shape index (κ2) is 11.4.